The number of phenolic OH excluding ortho intramolecular Hbond substituents is 1. The number of hydrogen-bond donors (Lipinski definition) is 2. The van der Waals surface area contributed by atoms with Crippen LogP contribution in [0.1, 0.15) is 15.9 Å². The summed E-state index contributed by atoms with van der Waals surface area (Å²) >= 11 is 1.91. The minimum Gasteiger partial charge on any atom is -0.507 e. The second-order valence-corrected chi connectivity index (χ2v) is 5.36. The summed E-state index contributed by atoms with van der Waals surface area (Å²) < 4.78 is 37.8. The minimum absolute atomic E-state index is 0.0318. The smallest absolute Gasteiger partial charge is 0.416 e. The van der Waals surface area contributed by atoms with Crippen LogP contribution in [-0.4, -0.2) is 11.0 Å². The van der Waals surface area contributed by atoms with E-state index in [-0.39, 0.29) is 17.0 Å². The van der Waals surface area contributed by atoms with Gasteiger partial charge >= 0.3 is 6.18 Å². The molecule has 0 radical (unpaired) electrons. The highest BCUT2D eigenvalue weighted by atomic mass is 127. The van der Waals surface area contributed by atoms with Crippen molar-refractivity contribution in [2.45, 2.75) is 6.18 Å². The SMILES string of the molecule is O=C(Nc1ccc(C(F)(F)F)cc1)c1ccc(I)c(O)c1. The molecular weight excluding hydrogens is 398 g/mol. The van der Waals surface area contributed by atoms with E-state index in [1.165, 1.54) is 24.3 Å². The van der Waals surface area contributed by atoms with E-state index in [1.807, 2.05) is 22.6 Å². The Balaban J connectivity index is 2.14. The standard InChI is InChI=1S/C14H9F3INO2/c15-14(16,17)9-2-4-10(5-3-9)19-13(21)8-1-6-11(18)12(20)7-8/h1-7,20H,(H,19,21). The molecule has 110 valence electrons. The van der Waals surface area contributed by atoms with Crippen LogP contribution in [0.15, 0.2) is 42.5 Å². The normalized spacial score (nSPS) is 11.2. The Bertz CT molecular complexity index is 669. The number of benzene rings is 2. The summed E-state index contributed by atoms with van der Waals surface area (Å²) in [6, 6.07) is 8.50. The Morgan fingerprint density at radius 1 is 1.10 bits per heavy atom. The number of phenols is 1. The number of halogens is 4. The zero-order valence-corrected chi connectivity index (χ0v) is 12.6. The van der Waals surface area contributed by atoms with Gasteiger partial charge in [-0.25, -0.2) is 0 Å². The molecule has 0 atom stereocenters. The van der Waals surface area contributed by atoms with E-state index in [0.29, 0.717) is 3.57 Å². The van der Waals surface area contributed by atoms with Gasteiger partial charge in [0.25, 0.3) is 5.91 Å². The second kappa shape index (κ2) is 5.92. The molecule has 0 spiro atoms. The molecule has 7 heteroatoms. The molecule has 0 bridgehead atoms. The lowest BCUT2D eigenvalue weighted by Crippen LogP contribution is -2.12. The fraction of sp³-hybridized carbons (Fsp3) is 0.0714. The maximum absolute atomic E-state index is 12.4. The average molecular weight is 407 g/mol. The van der Waals surface area contributed by atoms with E-state index in [2.05, 4.69) is 5.32 Å². The largest absolute Gasteiger partial charge is 0.507 e. The van der Waals surface area contributed by atoms with Crippen LogP contribution in [-0.2, 0) is 6.18 Å². The summed E-state index contributed by atoms with van der Waals surface area (Å²) in [4.78, 5) is 11.9. The van der Waals surface area contributed by atoms with Crippen molar-refractivity contribution in [1.82, 2.24) is 0 Å². The number of alkyl halides is 3. The van der Waals surface area contributed by atoms with Gasteiger partial charge in [0.2, 0.25) is 0 Å². The van der Waals surface area contributed by atoms with Gasteiger partial charge in [-0.2, -0.15) is 13.2 Å². The van der Waals surface area contributed by atoms with Crippen molar-refractivity contribution in [3.63, 3.8) is 0 Å². The summed E-state index contributed by atoms with van der Waals surface area (Å²) in [7, 11) is 0. The highest BCUT2D eigenvalue weighted by Crippen LogP contribution is 2.30. The molecule has 0 aliphatic rings. The van der Waals surface area contributed by atoms with Gasteiger partial charge in [0.15, 0.2) is 0 Å². The Hall–Kier alpha value is -1.77. The van der Waals surface area contributed by atoms with Crippen molar-refractivity contribution in [2.75, 3.05) is 5.32 Å². The molecule has 0 saturated heterocycles. The summed E-state index contributed by atoms with van der Waals surface area (Å²) in [6.07, 6.45) is -4.41. The van der Waals surface area contributed by atoms with E-state index in [4.69, 9.17) is 0 Å². The van der Waals surface area contributed by atoms with Crippen LogP contribution in [0.3, 0.4) is 0 Å². The second-order valence-electron chi connectivity index (χ2n) is 4.20. The third-order valence-electron chi connectivity index (χ3n) is 2.68. The predicted molar refractivity (Wildman–Crippen MR) is 80.2 cm³/mol. The van der Waals surface area contributed by atoms with Crippen molar-refractivity contribution in [3.05, 3.63) is 57.2 Å². The fourth-order valence-electron chi connectivity index (χ4n) is 1.60. The van der Waals surface area contributed by atoms with Gasteiger partial charge in [-0.05, 0) is 65.1 Å². The predicted octanol–water partition coefficient (Wildman–Crippen LogP) is 4.27. The third-order valence-corrected chi connectivity index (χ3v) is 3.59. The molecule has 0 heterocycles. The van der Waals surface area contributed by atoms with Crippen LogP contribution in [0.4, 0.5) is 18.9 Å². The lowest BCUT2D eigenvalue weighted by Gasteiger charge is -2.09. The first-order valence-electron chi connectivity index (χ1n) is 5.74. The Morgan fingerprint density at radius 3 is 2.24 bits per heavy atom. The molecule has 2 N–H and O–H groups in total. The van der Waals surface area contributed by atoms with Gasteiger partial charge in [-0.15, -0.1) is 0 Å². The van der Waals surface area contributed by atoms with Crippen LogP contribution in [0.5, 0.6) is 5.75 Å². The number of anilines is 1. The molecule has 2 rings (SSSR count). The molecule has 1 amide bonds. The number of carbonyl (C=O) groups excluding carboxylic acids is 1. The molecule has 0 aromatic heterocycles. The van der Waals surface area contributed by atoms with Crippen molar-refractivity contribution in [1.29, 1.82) is 0 Å². The van der Waals surface area contributed by atoms with E-state index in [0.717, 1.165) is 12.1 Å². The quantitative estimate of drug-likeness (QED) is 0.731. The van der Waals surface area contributed by atoms with Crippen molar-refractivity contribution >= 4 is 34.2 Å². The molecule has 21 heavy (non-hydrogen) atoms. The zero-order valence-electron chi connectivity index (χ0n) is 10.4. The van der Waals surface area contributed by atoms with E-state index in [9.17, 15) is 23.1 Å². The van der Waals surface area contributed by atoms with Gasteiger partial charge < -0.3 is 10.4 Å². The number of nitrogens with one attached hydrogen (secondary N) is 1. The van der Waals surface area contributed by atoms with Crippen molar-refractivity contribution < 1.29 is 23.1 Å². The number of amides is 1. The van der Waals surface area contributed by atoms with Crippen LogP contribution in [0.25, 0.3) is 0 Å². The molecular formula is C14H9F3INO2. The monoisotopic (exact) mass is 407 g/mol. The molecule has 0 aliphatic heterocycles. The van der Waals surface area contributed by atoms with E-state index >= 15 is 0 Å². The molecule has 0 fully saturated rings. The third kappa shape index (κ3) is 3.87. The molecule has 2 aromatic rings. The first-order valence-corrected chi connectivity index (χ1v) is 6.82. The van der Waals surface area contributed by atoms with E-state index in [1.54, 1.807) is 6.07 Å². The molecule has 0 unspecified atom stereocenters. The molecule has 0 saturated carbocycles. The highest BCUT2D eigenvalue weighted by molar-refractivity contribution is 14.1. The molecule has 2 aromatic carbocycles. The number of hydrogen-bond acceptors (Lipinski definition) is 2. The lowest BCUT2D eigenvalue weighted by atomic mass is 10.1. The first-order chi connectivity index (χ1) is 9.77. The zero-order chi connectivity index (χ0) is 15.6. The van der Waals surface area contributed by atoms with E-state index < -0.39 is 17.6 Å². The molecule has 0 aliphatic carbocycles. The average Bonchev–Trinajstić information content (AvgIpc) is 2.41. The first kappa shape index (κ1) is 15.6. The van der Waals surface area contributed by atoms with Crippen molar-refractivity contribution in [3.8, 4) is 5.75 Å². The minimum atomic E-state index is -4.41. The molecule has 3 nitrogen and oxygen atoms in total. The van der Waals surface area contributed by atoms with Crippen LogP contribution < -0.4 is 5.32 Å². The van der Waals surface area contributed by atoms with Gasteiger partial charge in [0.1, 0.15) is 5.75 Å². The van der Waals surface area contributed by atoms with Gasteiger partial charge in [-0.3, -0.25) is 4.79 Å². The Morgan fingerprint density at radius 2 is 1.71 bits per heavy atom. The maximum atomic E-state index is 12.4. The maximum Gasteiger partial charge on any atom is 0.416 e. The fourth-order valence-corrected chi connectivity index (χ4v) is 1.94. The number of carbonyl (C=O) groups is 1. The lowest BCUT2D eigenvalue weighted by molar-refractivity contribution is -0.137. The van der Waals surface area contributed by atoms with Crippen LogP contribution in [0.2, 0.25) is 0 Å². The topological polar surface area (TPSA) is 49.3 Å². The van der Waals surface area contributed by atoms with Gasteiger partial charge in [-0.1, -0.05) is 0 Å². The summed E-state index contributed by atoms with van der Waals surface area (Å²) in [5.74, 6) is -0.544. The van der Waals surface area contributed by atoms with Crippen molar-refractivity contribution in [2.24, 2.45) is 0 Å². The number of aromatic hydroxyl groups is 1. The summed E-state index contributed by atoms with van der Waals surface area (Å²) in [5.41, 5.74) is -0.328. The summed E-state index contributed by atoms with van der Waals surface area (Å²) in [6.45, 7) is 0. The summed E-state index contributed by atoms with van der Waals surface area (Å²) in [5, 5.41) is 12.0. The highest BCUT2D eigenvalue weighted by Gasteiger charge is 2.29. The Labute approximate surface area is 131 Å². The van der Waals surface area contributed by atoms with Crippen LogP contribution >= 0.6 is 22.6 Å². The Kier molecular flexibility index (Phi) is 4.40. The van der Waals surface area contributed by atoms with Gasteiger partial charge in [0.05, 0.1) is 9.13 Å². The van der Waals surface area contributed by atoms with Gasteiger partial charge in [0, 0.05) is 11.3 Å². The van der Waals surface area contributed by atoms with Crippen LogP contribution in [0, 0.1) is 3.57 Å². The number of rotatable bonds is 2.